The number of ether oxygens (including phenoxy) is 1. The molecular formula is C20H30O. The van der Waals surface area contributed by atoms with E-state index in [4.69, 9.17) is 4.74 Å². The maximum absolute atomic E-state index is 5.41. The molecule has 0 bridgehead atoms. The lowest BCUT2D eigenvalue weighted by Crippen LogP contribution is -2.42. The van der Waals surface area contributed by atoms with Crippen LogP contribution in [0.5, 0.6) is 5.75 Å². The van der Waals surface area contributed by atoms with Gasteiger partial charge in [0.15, 0.2) is 0 Å². The van der Waals surface area contributed by atoms with Crippen LogP contribution in [0.25, 0.3) is 0 Å². The molecule has 1 fully saturated rings. The minimum Gasteiger partial charge on any atom is -0.497 e. The molecule has 0 spiro atoms. The quantitative estimate of drug-likeness (QED) is 0.705. The van der Waals surface area contributed by atoms with E-state index in [1.54, 1.807) is 18.2 Å². The average Bonchev–Trinajstić information content (AvgIpc) is 2.53. The minimum absolute atomic E-state index is 0.569. The molecule has 2 unspecified atom stereocenters. The summed E-state index contributed by atoms with van der Waals surface area (Å²) in [6, 6.07) is 6.79. The van der Waals surface area contributed by atoms with Gasteiger partial charge in [-0.1, -0.05) is 39.7 Å². The summed E-state index contributed by atoms with van der Waals surface area (Å²) in [5.41, 5.74) is 3.74. The van der Waals surface area contributed by atoms with Crippen molar-refractivity contribution in [3.05, 3.63) is 29.3 Å². The lowest BCUT2D eigenvalue weighted by molar-refractivity contribution is 0.0256. The molecule has 116 valence electrons. The number of methoxy groups -OCH3 is 1. The smallest absolute Gasteiger partial charge is 0.119 e. The number of hydrogen-bond donors (Lipinski definition) is 0. The van der Waals surface area contributed by atoms with E-state index in [9.17, 15) is 0 Å². The van der Waals surface area contributed by atoms with Crippen molar-refractivity contribution >= 4 is 0 Å². The summed E-state index contributed by atoms with van der Waals surface area (Å²) in [6.07, 6.45) is 8.07. The van der Waals surface area contributed by atoms with Crippen LogP contribution in [0.2, 0.25) is 0 Å². The van der Waals surface area contributed by atoms with E-state index in [1.165, 1.54) is 38.5 Å². The van der Waals surface area contributed by atoms with Gasteiger partial charge in [-0.3, -0.25) is 0 Å². The Morgan fingerprint density at radius 2 is 2.05 bits per heavy atom. The van der Waals surface area contributed by atoms with E-state index < -0.39 is 0 Å². The summed E-state index contributed by atoms with van der Waals surface area (Å²) in [5.74, 6) is 3.61. The molecule has 0 radical (unpaired) electrons. The summed E-state index contributed by atoms with van der Waals surface area (Å²) < 4.78 is 5.41. The Kier molecular flexibility index (Phi) is 4.03. The second-order valence-corrected chi connectivity index (χ2v) is 7.43. The van der Waals surface area contributed by atoms with Crippen LogP contribution in [-0.2, 0) is 6.42 Å². The molecule has 0 amide bonds. The van der Waals surface area contributed by atoms with E-state index in [0.717, 1.165) is 23.5 Å². The van der Waals surface area contributed by atoms with E-state index in [-0.39, 0.29) is 0 Å². The molecule has 1 heteroatoms. The Balaban J connectivity index is 1.93. The first-order valence-corrected chi connectivity index (χ1v) is 8.79. The number of benzene rings is 1. The number of fused-ring (bicyclic) bond motifs is 3. The molecule has 0 aromatic heterocycles. The highest BCUT2D eigenvalue weighted by Gasteiger charge is 2.46. The van der Waals surface area contributed by atoms with E-state index >= 15 is 0 Å². The zero-order valence-corrected chi connectivity index (χ0v) is 14.1. The summed E-state index contributed by atoms with van der Waals surface area (Å²) >= 11 is 0. The van der Waals surface area contributed by atoms with Crippen molar-refractivity contribution in [3.63, 3.8) is 0 Å². The van der Waals surface area contributed by atoms with Gasteiger partial charge in [0, 0.05) is 0 Å². The standard InChI is InChI=1S/C20H30O/c1-5-19-18-9-7-14-13-15(21-4)8-10-16(14)17(18)11-12-20(19,3)6-2/h8,10,13,17-19H,5-7,9,11-12H2,1-4H3/t17-,18-,19?,20?/m1/s1. The van der Waals surface area contributed by atoms with Crippen molar-refractivity contribution in [3.8, 4) is 5.75 Å². The van der Waals surface area contributed by atoms with Crippen LogP contribution in [0, 0.1) is 17.3 Å². The van der Waals surface area contributed by atoms with Gasteiger partial charge in [0.25, 0.3) is 0 Å². The number of aryl methyl sites for hydroxylation is 1. The number of rotatable bonds is 3. The zero-order valence-electron chi connectivity index (χ0n) is 14.1. The molecule has 3 rings (SSSR count). The molecule has 0 aliphatic heterocycles. The van der Waals surface area contributed by atoms with Crippen molar-refractivity contribution < 1.29 is 4.74 Å². The van der Waals surface area contributed by atoms with E-state index in [2.05, 4.69) is 39.0 Å². The van der Waals surface area contributed by atoms with Crippen molar-refractivity contribution in [1.82, 2.24) is 0 Å². The lowest BCUT2D eigenvalue weighted by atomic mass is 9.53. The Hall–Kier alpha value is -0.980. The molecule has 1 nitrogen and oxygen atoms in total. The Labute approximate surface area is 130 Å². The first kappa shape index (κ1) is 14.9. The monoisotopic (exact) mass is 286 g/mol. The molecule has 0 saturated heterocycles. The van der Waals surface area contributed by atoms with Crippen LogP contribution in [0.4, 0.5) is 0 Å². The zero-order chi connectivity index (χ0) is 15.0. The highest BCUT2D eigenvalue weighted by atomic mass is 16.5. The molecule has 21 heavy (non-hydrogen) atoms. The van der Waals surface area contributed by atoms with Crippen LogP contribution >= 0.6 is 0 Å². The summed E-state index contributed by atoms with van der Waals surface area (Å²) in [4.78, 5) is 0. The highest BCUT2D eigenvalue weighted by molar-refractivity contribution is 5.40. The Morgan fingerprint density at radius 3 is 2.71 bits per heavy atom. The van der Waals surface area contributed by atoms with Crippen LogP contribution < -0.4 is 4.74 Å². The van der Waals surface area contributed by atoms with Gasteiger partial charge >= 0.3 is 0 Å². The normalized spacial score (nSPS) is 35.0. The van der Waals surface area contributed by atoms with Crippen LogP contribution in [0.1, 0.15) is 69.9 Å². The molecule has 1 aromatic carbocycles. The van der Waals surface area contributed by atoms with E-state index in [0.29, 0.717) is 5.41 Å². The van der Waals surface area contributed by atoms with Gasteiger partial charge in [0.2, 0.25) is 0 Å². The third-order valence-corrected chi connectivity index (χ3v) is 6.70. The van der Waals surface area contributed by atoms with Gasteiger partial charge < -0.3 is 4.74 Å². The summed E-state index contributed by atoms with van der Waals surface area (Å²) in [5, 5.41) is 0. The predicted molar refractivity (Wildman–Crippen MR) is 89.0 cm³/mol. The molecule has 2 aliphatic rings. The van der Waals surface area contributed by atoms with E-state index in [1.807, 2.05) is 0 Å². The Bertz CT molecular complexity index is 507. The molecular weight excluding hydrogens is 256 g/mol. The highest BCUT2D eigenvalue weighted by Crippen LogP contribution is 2.56. The maximum Gasteiger partial charge on any atom is 0.119 e. The van der Waals surface area contributed by atoms with Crippen molar-refractivity contribution in [2.75, 3.05) is 7.11 Å². The lowest BCUT2D eigenvalue weighted by Gasteiger charge is -2.52. The van der Waals surface area contributed by atoms with Crippen LogP contribution in [-0.4, -0.2) is 7.11 Å². The molecule has 4 atom stereocenters. The fraction of sp³-hybridized carbons (Fsp3) is 0.700. The molecule has 2 aliphatic carbocycles. The largest absolute Gasteiger partial charge is 0.497 e. The predicted octanol–water partition coefficient (Wildman–Crippen LogP) is 5.58. The molecule has 0 N–H and O–H groups in total. The van der Waals surface area contributed by atoms with Crippen LogP contribution in [0.15, 0.2) is 18.2 Å². The SMILES string of the molecule is CCC1[C@@H]2CCc3cc(OC)ccc3[C@H]2CCC1(C)CC. The van der Waals surface area contributed by atoms with Gasteiger partial charge in [-0.25, -0.2) is 0 Å². The molecule has 1 aromatic rings. The average molecular weight is 286 g/mol. The minimum atomic E-state index is 0.569. The van der Waals surface area contributed by atoms with Crippen molar-refractivity contribution in [2.24, 2.45) is 17.3 Å². The summed E-state index contributed by atoms with van der Waals surface area (Å²) in [7, 11) is 1.77. The van der Waals surface area contributed by atoms with Gasteiger partial charge in [-0.15, -0.1) is 0 Å². The first-order chi connectivity index (χ1) is 10.1. The van der Waals surface area contributed by atoms with Crippen LogP contribution in [0.3, 0.4) is 0 Å². The van der Waals surface area contributed by atoms with Crippen molar-refractivity contribution in [1.29, 1.82) is 0 Å². The summed E-state index contributed by atoms with van der Waals surface area (Å²) in [6.45, 7) is 7.34. The molecule has 1 saturated carbocycles. The van der Waals surface area contributed by atoms with Gasteiger partial charge in [-0.05, 0) is 72.1 Å². The topological polar surface area (TPSA) is 9.23 Å². The fourth-order valence-electron chi connectivity index (χ4n) is 5.31. The second kappa shape index (κ2) is 5.66. The maximum atomic E-state index is 5.41. The van der Waals surface area contributed by atoms with Gasteiger partial charge in [-0.2, -0.15) is 0 Å². The first-order valence-electron chi connectivity index (χ1n) is 8.79. The Morgan fingerprint density at radius 1 is 1.24 bits per heavy atom. The molecule has 0 heterocycles. The van der Waals surface area contributed by atoms with Crippen molar-refractivity contribution in [2.45, 2.75) is 65.2 Å². The third-order valence-electron chi connectivity index (χ3n) is 6.70. The number of hydrogen-bond acceptors (Lipinski definition) is 1. The fourth-order valence-corrected chi connectivity index (χ4v) is 5.31. The second-order valence-electron chi connectivity index (χ2n) is 7.43. The third kappa shape index (κ3) is 2.39. The van der Waals surface area contributed by atoms with Gasteiger partial charge in [0.1, 0.15) is 5.75 Å². The van der Waals surface area contributed by atoms with Gasteiger partial charge in [0.05, 0.1) is 7.11 Å².